The number of aliphatic carboxylic acids is 1. The maximum atomic E-state index is 12.4. The van der Waals surface area contributed by atoms with E-state index in [2.05, 4.69) is 0 Å². The van der Waals surface area contributed by atoms with Gasteiger partial charge in [0.15, 0.2) is 0 Å². The van der Waals surface area contributed by atoms with Gasteiger partial charge in [0.2, 0.25) is 5.91 Å². The minimum Gasteiger partial charge on any atom is -0.508 e. The fraction of sp³-hybridized carbons (Fsp3) is 0.143. The Kier molecular flexibility index (Phi) is 5.02. The molecule has 1 aromatic carbocycles. The summed E-state index contributed by atoms with van der Waals surface area (Å²) in [7, 11) is 0. The molecule has 7 nitrogen and oxygen atoms in total. The van der Waals surface area contributed by atoms with Gasteiger partial charge in [0, 0.05) is 0 Å². The second kappa shape index (κ2) is 6.80. The number of benzene rings is 1. The Morgan fingerprint density at radius 2 is 2.13 bits per heavy atom. The molecule has 1 aromatic rings. The highest BCUT2D eigenvalue weighted by molar-refractivity contribution is 8.26. The molecule has 23 heavy (non-hydrogen) atoms. The molecule has 1 aliphatic rings. The lowest BCUT2D eigenvalue weighted by Gasteiger charge is -2.21. The van der Waals surface area contributed by atoms with Gasteiger partial charge in [-0.25, -0.2) is 4.79 Å². The first-order chi connectivity index (χ1) is 10.8. The topological polar surface area (TPSA) is 121 Å². The van der Waals surface area contributed by atoms with Crippen LogP contribution >= 0.6 is 24.0 Å². The van der Waals surface area contributed by atoms with Crippen LogP contribution in [0.1, 0.15) is 12.0 Å². The molecule has 2 rings (SSSR count). The summed E-state index contributed by atoms with van der Waals surface area (Å²) in [4.78, 5) is 35.8. The van der Waals surface area contributed by atoms with Crippen molar-refractivity contribution in [2.45, 2.75) is 12.5 Å². The highest BCUT2D eigenvalue weighted by Gasteiger charge is 2.41. The van der Waals surface area contributed by atoms with E-state index in [-0.39, 0.29) is 15.0 Å². The first-order valence-corrected chi connectivity index (χ1v) is 7.59. The van der Waals surface area contributed by atoms with Crippen LogP contribution in [-0.2, 0) is 14.4 Å². The summed E-state index contributed by atoms with van der Waals surface area (Å²) < 4.78 is 0.0371. The van der Waals surface area contributed by atoms with Gasteiger partial charge in [-0.1, -0.05) is 36.1 Å². The van der Waals surface area contributed by atoms with Crippen molar-refractivity contribution in [2.75, 3.05) is 0 Å². The molecule has 0 radical (unpaired) electrons. The Morgan fingerprint density at radius 1 is 1.43 bits per heavy atom. The number of thiocarbonyl (C=S) groups is 1. The maximum Gasteiger partial charge on any atom is 0.327 e. The Bertz CT molecular complexity index is 732. The minimum atomic E-state index is -1.44. The number of nitrogens with zero attached hydrogens (tertiary/aromatic N) is 1. The SMILES string of the molecule is NC(=O)CC(C(=O)O)N1C(=O)/C(=C/c2cccc(O)c2)SC1=S. The van der Waals surface area contributed by atoms with Crippen LogP contribution in [0.4, 0.5) is 0 Å². The summed E-state index contributed by atoms with van der Waals surface area (Å²) in [6, 6.07) is 4.77. The minimum absolute atomic E-state index is 0.0337. The molecule has 120 valence electrons. The fourth-order valence-corrected chi connectivity index (χ4v) is 3.35. The van der Waals surface area contributed by atoms with Gasteiger partial charge < -0.3 is 15.9 Å². The number of nitrogens with two attached hydrogens (primary N) is 1. The van der Waals surface area contributed by atoms with Gasteiger partial charge in [-0.05, 0) is 23.8 Å². The quantitative estimate of drug-likeness (QED) is 0.532. The van der Waals surface area contributed by atoms with E-state index < -0.39 is 30.2 Å². The maximum absolute atomic E-state index is 12.4. The molecule has 1 unspecified atom stereocenters. The molecule has 9 heteroatoms. The van der Waals surface area contributed by atoms with Gasteiger partial charge in [0.25, 0.3) is 5.91 Å². The van der Waals surface area contributed by atoms with E-state index in [1.165, 1.54) is 18.2 Å². The van der Waals surface area contributed by atoms with Crippen LogP contribution in [0.5, 0.6) is 5.75 Å². The first-order valence-electron chi connectivity index (χ1n) is 6.37. The fourth-order valence-electron chi connectivity index (χ4n) is 1.99. The molecule has 1 fully saturated rings. The van der Waals surface area contributed by atoms with E-state index in [9.17, 15) is 24.6 Å². The number of carbonyl (C=O) groups excluding carboxylic acids is 2. The van der Waals surface area contributed by atoms with Crippen molar-refractivity contribution < 1.29 is 24.6 Å². The Morgan fingerprint density at radius 3 is 2.70 bits per heavy atom. The summed E-state index contributed by atoms with van der Waals surface area (Å²) in [5.74, 6) is -2.79. The van der Waals surface area contributed by atoms with Crippen molar-refractivity contribution in [1.29, 1.82) is 0 Å². The summed E-state index contributed by atoms with van der Waals surface area (Å²) in [6.45, 7) is 0. The van der Waals surface area contributed by atoms with Gasteiger partial charge in [0.05, 0.1) is 11.3 Å². The molecule has 2 amide bonds. The van der Waals surface area contributed by atoms with Crippen molar-refractivity contribution in [3.8, 4) is 5.75 Å². The number of rotatable bonds is 5. The van der Waals surface area contributed by atoms with E-state index in [1.54, 1.807) is 12.1 Å². The number of thioether (sulfide) groups is 1. The number of primary amides is 1. The first kappa shape index (κ1) is 17.0. The van der Waals surface area contributed by atoms with E-state index in [4.69, 9.17) is 18.0 Å². The van der Waals surface area contributed by atoms with Crippen LogP contribution < -0.4 is 5.73 Å². The summed E-state index contributed by atoms with van der Waals surface area (Å²) in [6.07, 6.45) is 0.962. The average molecular weight is 352 g/mol. The average Bonchev–Trinajstić information content (AvgIpc) is 2.71. The van der Waals surface area contributed by atoms with Crippen molar-refractivity contribution >= 4 is 52.2 Å². The molecule has 0 aromatic heterocycles. The van der Waals surface area contributed by atoms with Crippen molar-refractivity contribution in [2.24, 2.45) is 5.73 Å². The molecular formula is C14H12N2O5S2. The second-order valence-electron chi connectivity index (χ2n) is 4.67. The van der Waals surface area contributed by atoms with Gasteiger partial charge in [-0.2, -0.15) is 0 Å². The van der Waals surface area contributed by atoms with Gasteiger partial charge >= 0.3 is 5.97 Å². The molecule has 1 aliphatic heterocycles. The molecule has 1 saturated heterocycles. The van der Waals surface area contributed by atoms with Gasteiger partial charge in [-0.3, -0.25) is 14.5 Å². The predicted octanol–water partition coefficient (Wildman–Crippen LogP) is 0.922. The van der Waals surface area contributed by atoms with Crippen molar-refractivity contribution in [3.63, 3.8) is 0 Å². The molecule has 1 heterocycles. The van der Waals surface area contributed by atoms with Crippen LogP contribution in [0.3, 0.4) is 0 Å². The Labute approximate surface area is 140 Å². The Hall–Kier alpha value is -2.39. The highest BCUT2D eigenvalue weighted by Crippen LogP contribution is 2.34. The normalized spacial score (nSPS) is 17.6. The third-order valence-electron chi connectivity index (χ3n) is 2.98. The molecule has 1 atom stereocenters. The number of amides is 2. The van der Waals surface area contributed by atoms with Gasteiger partial charge in [0.1, 0.15) is 16.1 Å². The van der Waals surface area contributed by atoms with Crippen LogP contribution in [0.2, 0.25) is 0 Å². The smallest absolute Gasteiger partial charge is 0.327 e. The zero-order valence-corrected chi connectivity index (χ0v) is 13.3. The standard InChI is InChI=1S/C14H12N2O5S2/c15-11(18)6-9(13(20)21)16-12(19)10(23-14(16)22)5-7-2-1-3-8(17)4-7/h1-5,9,17H,6H2,(H2,15,18)(H,20,21)/b10-5-. The molecule has 0 aliphatic carbocycles. The zero-order valence-electron chi connectivity index (χ0n) is 11.6. The van der Waals surface area contributed by atoms with E-state index in [0.717, 1.165) is 16.7 Å². The third-order valence-corrected chi connectivity index (χ3v) is 4.31. The molecule has 0 bridgehead atoms. The lowest BCUT2D eigenvalue weighted by molar-refractivity contribution is -0.146. The Balaban J connectivity index is 2.32. The molecule has 0 spiro atoms. The number of aromatic hydroxyl groups is 1. The number of carboxylic acids is 1. The summed E-state index contributed by atoms with van der Waals surface area (Å²) in [5, 5.41) is 18.6. The molecular weight excluding hydrogens is 340 g/mol. The van der Waals surface area contributed by atoms with E-state index >= 15 is 0 Å². The van der Waals surface area contributed by atoms with Gasteiger partial charge in [-0.15, -0.1) is 0 Å². The van der Waals surface area contributed by atoms with Crippen molar-refractivity contribution in [1.82, 2.24) is 4.90 Å². The lowest BCUT2D eigenvalue weighted by Crippen LogP contribution is -2.46. The van der Waals surface area contributed by atoms with Crippen molar-refractivity contribution in [3.05, 3.63) is 34.7 Å². The monoisotopic (exact) mass is 352 g/mol. The number of phenolic OH excluding ortho intramolecular Hbond substituents is 1. The summed E-state index contributed by atoms with van der Waals surface area (Å²) >= 11 is 5.97. The number of carbonyl (C=O) groups is 3. The number of carboxylic acid groups (broad SMARTS) is 1. The number of hydrogen-bond donors (Lipinski definition) is 3. The second-order valence-corrected chi connectivity index (χ2v) is 6.35. The molecule has 4 N–H and O–H groups in total. The van der Waals surface area contributed by atoms with E-state index in [0.29, 0.717) is 5.56 Å². The van der Waals surface area contributed by atoms with Crippen LogP contribution in [0.15, 0.2) is 29.2 Å². The lowest BCUT2D eigenvalue weighted by atomic mass is 10.1. The zero-order chi connectivity index (χ0) is 17.1. The van der Waals surface area contributed by atoms with E-state index in [1.807, 2.05) is 0 Å². The van der Waals surface area contributed by atoms with Crippen LogP contribution in [0, 0.1) is 0 Å². The third kappa shape index (κ3) is 3.88. The highest BCUT2D eigenvalue weighted by atomic mass is 32.2. The van der Waals surface area contributed by atoms with Crippen LogP contribution in [0.25, 0.3) is 6.08 Å². The predicted molar refractivity (Wildman–Crippen MR) is 88.4 cm³/mol. The van der Waals surface area contributed by atoms with Crippen LogP contribution in [-0.4, -0.2) is 43.3 Å². The number of hydrogen-bond acceptors (Lipinski definition) is 6. The largest absolute Gasteiger partial charge is 0.508 e. The number of phenols is 1. The summed E-state index contributed by atoms with van der Waals surface area (Å²) in [5.41, 5.74) is 5.59. The molecule has 0 saturated carbocycles.